The first kappa shape index (κ1) is 22.3. The molecule has 2 heterocycles. The quantitative estimate of drug-likeness (QED) is 0.384. The van der Waals surface area contributed by atoms with Crippen LogP contribution in [0.1, 0.15) is 29.7 Å². The van der Waals surface area contributed by atoms with E-state index in [0.29, 0.717) is 29.6 Å². The number of hydrogen-bond donors (Lipinski definition) is 1. The van der Waals surface area contributed by atoms with Crippen LogP contribution < -0.4 is 10.1 Å². The van der Waals surface area contributed by atoms with Crippen molar-refractivity contribution in [3.63, 3.8) is 0 Å². The number of anilines is 1. The first-order valence-electron chi connectivity index (χ1n) is 11.2. The van der Waals surface area contributed by atoms with E-state index in [1.807, 2.05) is 54.6 Å². The van der Waals surface area contributed by atoms with Gasteiger partial charge in [0.05, 0.1) is 17.9 Å². The number of rotatable bonds is 7. The number of nitrogens with zero attached hydrogens (tertiary/aromatic N) is 3. The summed E-state index contributed by atoms with van der Waals surface area (Å²) in [5, 5.41) is 7.63. The van der Waals surface area contributed by atoms with Crippen LogP contribution in [0, 0.1) is 5.82 Å². The van der Waals surface area contributed by atoms with Crippen LogP contribution >= 0.6 is 0 Å². The summed E-state index contributed by atoms with van der Waals surface area (Å²) in [6.45, 7) is 2.34. The van der Waals surface area contributed by atoms with Crippen molar-refractivity contribution < 1.29 is 18.7 Å². The van der Waals surface area contributed by atoms with Crippen molar-refractivity contribution in [2.24, 2.45) is 0 Å². The molecule has 0 radical (unpaired) electrons. The number of halogens is 1. The van der Waals surface area contributed by atoms with Gasteiger partial charge in [0.25, 0.3) is 0 Å². The first-order valence-corrected chi connectivity index (χ1v) is 11.2. The molecule has 3 aromatic carbocycles. The van der Waals surface area contributed by atoms with E-state index in [0.717, 1.165) is 16.7 Å². The van der Waals surface area contributed by atoms with Crippen molar-refractivity contribution >= 4 is 17.6 Å². The largest absolute Gasteiger partial charge is 0.489 e. The molecule has 0 saturated heterocycles. The Balaban J connectivity index is 1.50. The van der Waals surface area contributed by atoms with Crippen LogP contribution in [0.2, 0.25) is 0 Å². The Bertz CT molecular complexity index is 1350. The van der Waals surface area contributed by atoms with Crippen LogP contribution in [-0.2, 0) is 16.1 Å². The van der Waals surface area contributed by atoms with Gasteiger partial charge in [-0.25, -0.2) is 13.9 Å². The molecule has 1 aliphatic rings. The van der Waals surface area contributed by atoms with Gasteiger partial charge in [-0.1, -0.05) is 54.6 Å². The number of nitrogens with one attached hydrogen (secondary N) is 1. The van der Waals surface area contributed by atoms with Crippen LogP contribution in [0.3, 0.4) is 0 Å². The standard InChI is InChI=1S/C27H23FN4O3/c1-2-34-26(33)23-24(19-6-4-3-5-7-19)31-27-29-17-30-32(27)25(23)20-10-14-22(15-11-20)35-16-18-8-12-21(28)13-9-18/h3-15,17,25H,2,16H2,1H3,(H,29,30,31)/t25-/m0/s1. The highest BCUT2D eigenvalue weighted by molar-refractivity contribution is 6.02. The van der Waals surface area contributed by atoms with Crippen LogP contribution in [0.4, 0.5) is 10.3 Å². The Morgan fingerprint density at radius 3 is 2.49 bits per heavy atom. The van der Waals surface area contributed by atoms with E-state index in [1.165, 1.54) is 18.5 Å². The van der Waals surface area contributed by atoms with Gasteiger partial charge in [0, 0.05) is 0 Å². The third-order valence-corrected chi connectivity index (χ3v) is 5.67. The number of benzene rings is 3. The van der Waals surface area contributed by atoms with Gasteiger partial charge in [-0.3, -0.25) is 0 Å². The van der Waals surface area contributed by atoms with Gasteiger partial charge in [-0.05, 0) is 47.9 Å². The molecule has 0 saturated carbocycles. The lowest BCUT2D eigenvalue weighted by Crippen LogP contribution is -2.30. The van der Waals surface area contributed by atoms with Gasteiger partial charge in [0.2, 0.25) is 5.95 Å². The zero-order chi connectivity index (χ0) is 24.2. The minimum absolute atomic E-state index is 0.248. The summed E-state index contributed by atoms with van der Waals surface area (Å²) in [5.74, 6) is 0.462. The molecule has 1 aliphatic heterocycles. The monoisotopic (exact) mass is 470 g/mol. The fourth-order valence-corrected chi connectivity index (χ4v) is 4.02. The summed E-state index contributed by atoms with van der Waals surface area (Å²) in [5.41, 5.74) is 3.60. The number of esters is 1. The number of fused-ring (bicyclic) bond motifs is 1. The molecular weight excluding hydrogens is 447 g/mol. The second kappa shape index (κ2) is 9.80. The minimum atomic E-state index is -0.547. The SMILES string of the molecule is CCOC(=O)C1=C(c2ccccc2)Nc2ncnn2[C@H]1c1ccc(OCc2ccc(F)cc2)cc1. The lowest BCUT2D eigenvalue weighted by atomic mass is 9.93. The second-order valence-electron chi connectivity index (χ2n) is 7.92. The molecule has 176 valence electrons. The molecule has 0 bridgehead atoms. The molecule has 35 heavy (non-hydrogen) atoms. The first-order chi connectivity index (χ1) is 17.1. The molecular formula is C27H23FN4O3. The average Bonchev–Trinajstić information content (AvgIpc) is 3.37. The van der Waals surface area contributed by atoms with E-state index in [-0.39, 0.29) is 12.4 Å². The number of hydrogen-bond acceptors (Lipinski definition) is 6. The van der Waals surface area contributed by atoms with Crippen LogP contribution in [-0.4, -0.2) is 27.3 Å². The predicted octanol–water partition coefficient (Wildman–Crippen LogP) is 4.99. The van der Waals surface area contributed by atoms with Crippen molar-refractivity contribution in [3.8, 4) is 5.75 Å². The lowest BCUT2D eigenvalue weighted by Gasteiger charge is -2.29. The highest BCUT2D eigenvalue weighted by Gasteiger charge is 2.36. The highest BCUT2D eigenvalue weighted by Crippen LogP contribution is 2.39. The van der Waals surface area contributed by atoms with Crippen molar-refractivity contribution in [2.45, 2.75) is 19.6 Å². The van der Waals surface area contributed by atoms with Gasteiger partial charge in [0.15, 0.2) is 0 Å². The topological polar surface area (TPSA) is 78.3 Å². The fraction of sp³-hybridized carbons (Fsp3) is 0.148. The van der Waals surface area contributed by atoms with Gasteiger partial charge in [-0.2, -0.15) is 10.1 Å². The van der Waals surface area contributed by atoms with Gasteiger partial charge >= 0.3 is 5.97 Å². The Labute approximate surface area is 201 Å². The Hall–Kier alpha value is -4.46. The Morgan fingerprint density at radius 1 is 1.03 bits per heavy atom. The number of aromatic nitrogens is 3. The molecule has 0 fully saturated rings. The fourth-order valence-electron chi connectivity index (χ4n) is 4.02. The van der Waals surface area contributed by atoms with E-state index < -0.39 is 12.0 Å². The number of carbonyl (C=O) groups is 1. The summed E-state index contributed by atoms with van der Waals surface area (Å²) in [7, 11) is 0. The van der Waals surface area contributed by atoms with E-state index in [1.54, 1.807) is 23.7 Å². The molecule has 0 unspecified atom stereocenters. The molecule has 0 amide bonds. The highest BCUT2D eigenvalue weighted by atomic mass is 19.1. The van der Waals surface area contributed by atoms with Gasteiger partial charge in [-0.15, -0.1) is 0 Å². The van der Waals surface area contributed by atoms with Crippen molar-refractivity contribution in [1.82, 2.24) is 14.8 Å². The zero-order valence-corrected chi connectivity index (χ0v) is 19.0. The van der Waals surface area contributed by atoms with Crippen LogP contribution in [0.15, 0.2) is 90.8 Å². The Kier molecular flexibility index (Phi) is 6.26. The van der Waals surface area contributed by atoms with Gasteiger partial charge < -0.3 is 14.8 Å². The molecule has 4 aromatic rings. The maximum absolute atomic E-state index is 13.2. The van der Waals surface area contributed by atoms with E-state index in [9.17, 15) is 9.18 Å². The maximum Gasteiger partial charge on any atom is 0.338 e. The second-order valence-corrected chi connectivity index (χ2v) is 7.92. The smallest absolute Gasteiger partial charge is 0.338 e. The molecule has 1 atom stereocenters. The van der Waals surface area contributed by atoms with Crippen molar-refractivity contribution in [2.75, 3.05) is 11.9 Å². The molecule has 0 aliphatic carbocycles. The molecule has 1 N–H and O–H groups in total. The van der Waals surface area contributed by atoms with E-state index in [4.69, 9.17) is 9.47 Å². The van der Waals surface area contributed by atoms with Crippen molar-refractivity contribution in [1.29, 1.82) is 0 Å². The summed E-state index contributed by atoms with van der Waals surface area (Å²) in [4.78, 5) is 17.6. The lowest BCUT2D eigenvalue weighted by molar-refractivity contribution is -0.138. The normalized spacial score (nSPS) is 14.7. The third kappa shape index (κ3) is 4.63. The average molecular weight is 471 g/mol. The number of carbonyl (C=O) groups excluding carboxylic acids is 1. The molecule has 1 aromatic heterocycles. The summed E-state index contributed by atoms with van der Waals surface area (Å²) in [6.07, 6.45) is 1.45. The number of ether oxygens (including phenoxy) is 2. The summed E-state index contributed by atoms with van der Waals surface area (Å²) >= 11 is 0. The molecule has 5 rings (SSSR count). The summed E-state index contributed by atoms with van der Waals surface area (Å²) in [6, 6.07) is 22.7. The molecule has 7 nitrogen and oxygen atoms in total. The molecule has 0 spiro atoms. The van der Waals surface area contributed by atoms with Crippen LogP contribution in [0.5, 0.6) is 5.75 Å². The van der Waals surface area contributed by atoms with Gasteiger partial charge in [0.1, 0.15) is 30.5 Å². The van der Waals surface area contributed by atoms with Crippen LogP contribution in [0.25, 0.3) is 5.70 Å². The zero-order valence-electron chi connectivity index (χ0n) is 19.0. The summed E-state index contributed by atoms with van der Waals surface area (Å²) < 4.78 is 26.1. The van der Waals surface area contributed by atoms with Crippen molar-refractivity contribution in [3.05, 3.63) is 113 Å². The minimum Gasteiger partial charge on any atom is -0.489 e. The van der Waals surface area contributed by atoms with E-state index >= 15 is 0 Å². The predicted molar refractivity (Wildman–Crippen MR) is 129 cm³/mol. The third-order valence-electron chi connectivity index (χ3n) is 5.67. The Morgan fingerprint density at radius 2 is 1.77 bits per heavy atom. The maximum atomic E-state index is 13.2. The van der Waals surface area contributed by atoms with E-state index in [2.05, 4.69) is 15.4 Å². The molecule has 8 heteroatoms.